The molecule has 2 aromatic rings. The van der Waals surface area contributed by atoms with E-state index in [1.807, 2.05) is 6.92 Å². The smallest absolute Gasteiger partial charge is 0.265 e. The molecule has 2 N–H and O–H groups in total. The molecular weight excluding hydrogens is 454 g/mol. The van der Waals surface area contributed by atoms with Crippen LogP contribution in [0.4, 0.5) is 11.4 Å². The molecule has 0 spiro atoms. The number of benzene rings is 2. The van der Waals surface area contributed by atoms with Gasteiger partial charge in [-0.2, -0.15) is 4.31 Å². The lowest BCUT2D eigenvalue weighted by molar-refractivity contribution is -0.122. The van der Waals surface area contributed by atoms with Gasteiger partial charge in [-0.3, -0.25) is 9.59 Å². The Morgan fingerprint density at radius 2 is 1.97 bits per heavy atom. The number of nitrogens with zero attached hydrogens (tertiary/aromatic N) is 1. The fourth-order valence-corrected chi connectivity index (χ4v) is 6.13. The standard InChI is InChI=1S/C22H24ClN3O5S/c1-12-9-15(23)6-7-16(12)24-22(28)18-5-4-8-26(18)32(29,30)20-11-19-17(10-13(20)2)25-21(27)14(3)31-19/h6-7,9-11,14,18H,4-5,8H2,1-3H3,(H,24,28)(H,25,27)/t14-,18+/m0/s1. The summed E-state index contributed by atoms with van der Waals surface area (Å²) in [7, 11) is -3.98. The summed E-state index contributed by atoms with van der Waals surface area (Å²) < 4.78 is 33.9. The Hall–Kier alpha value is -2.62. The first-order valence-electron chi connectivity index (χ1n) is 10.3. The molecule has 0 aliphatic carbocycles. The zero-order valence-corrected chi connectivity index (χ0v) is 19.5. The quantitative estimate of drug-likeness (QED) is 0.701. The van der Waals surface area contributed by atoms with Crippen molar-refractivity contribution in [1.82, 2.24) is 4.31 Å². The van der Waals surface area contributed by atoms with Crippen LogP contribution < -0.4 is 15.4 Å². The molecule has 1 saturated heterocycles. The van der Waals surface area contributed by atoms with E-state index >= 15 is 0 Å². The molecule has 2 aliphatic heterocycles. The summed E-state index contributed by atoms with van der Waals surface area (Å²) in [5.41, 5.74) is 2.27. The van der Waals surface area contributed by atoms with Crippen LogP contribution in [0.25, 0.3) is 0 Å². The SMILES string of the molecule is Cc1cc(Cl)ccc1NC(=O)[C@H]1CCCN1S(=O)(=O)c1cc2c(cc1C)NC(=O)[C@H](C)O2. The number of ether oxygens (including phenoxy) is 1. The minimum absolute atomic E-state index is 0.0574. The summed E-state index contributed by atoms with van der Waals surface area (Å²) in [5.74, 6) is -0.385. The van der Waals surface area contributed by atoms with E-state index in [1.165, 1.54) is 10.4 Å². The summed E-state index contributed by atoms with van der Waals surface area (Å²) in [6.07, 6.45) is 0.268. The van der Waals surface area contributed by atoms with Crippen LogP contribution in [0.5, 0.6) is 5.75 Å². The van der Waals surface area contributed by atoms with Crippen molar-refractivity contribution in [3.8, 4) is 5.75 Å². The number of nitrogens with one attached hydrogen (secondary N) is 2. The fraction of sp³-hybridized carbons (Fsp3) is 0.364. The number of aryl methyl sites for hydroxylation is 2. The van der Waals surface area contributed by atoms with E-state index in [0.717, 1.165) is 5.56 Å². The number of fused-ring (bicyclic) bond motifs is 1. The van der Waals surface area contributed by atoms with Crippen LogP contribution in [0.3, 0.4) is 0 Å². The van der Waals surface area contributed by atoms with Gasteiger partial charge in [0.15, 0.2) is 6.10 Å². The summed E-state index contributed by atoms with van der Waals surface area (Å²) in [5, 5.41) is 6.11. The van der Waals surface area contributed by atoms with E-state index in [4.69, 9.17) is 16.3 Å². The number of carbonyl (C=O) groups is 2. The van der Waals surface area contributed by atoms with Crippen molar-refractivity contribution >= 4 is 44.8 Å². The highest BCUT2D eigenvalue weighted by atomic mass is 35.5. The van der Waals surface area contributed by atoms with Crippen molar-refractivity contribution < 1.29 is 22.7 Å². The van der Waals surface area contributed by atoms with E-state index in [1.54, 1.807) is 38.1 Å². The molecule has 1 fully saturated rings. The predicted octanol–water partition coefficient (Wildman–Crippen LogP) is 3.47. The third-order valence-corrected chi connectivity index (χ3v) is 8.03. The van der Waals surface area contributed by atoms with Crippen LogP contribution in [-0.2, 0) is 19.6 Å². The van der Waals surface area contributed by atoms with Gasteiger partial charge in [0, 0.05) is 23.3 Å². The van der Waals surface area contributed by atoms with Gasteiger partial charge in [-0.1, -0.05) is 11.6 Å². The highest BCUT2D eigenvalue weighted by Gasteiger charge is 2.41. The number of anilines is 2. The van der Waals surface area contributed by atoms with Crippen molar-refractivity contribution in [3.05, 3.63) is 46.5 Å². The molecule has 170 valence electrons. The second-order valence-corrected chi connectivity index (χ2v) is 10.4. The van der Waals surface area contributed by atoms with E-state index in [0.29, 0.717) is 40.6 Å². The second kappa shape index (κ2) is 8.38. The first kappa shape index (κ1) is 22.6. The van der Waals surface area contributed by atoms with E-state index in [-0.39, 0.29) is 23.3 Å². The Balaban J connectivity index is 1.63. The van der Waals surface area contributed by atoms with Crippen molar-refractivity contribution in [2.24, 2.45) is 0 Å². The van der Waals surface area contributed by atoms with E-state index in [2.05, 4.69) is 10.6 Å². The minimum Gasteiger partial charge on any atom is -0.479 e. The topological polar surface area (TPSA) is 105 Å². The molecule has 0 unspecified atom stereocenters. The number of sulfonamides is 1. The lowest BCUT2D eigenvalue weighted by atomic mass is 10.1. The van der Waals surface area contributed by atoms with Crippen molar-refractivity contribution in [2.45, 2.75) is 50.7 Å². The van der Waals surface area contributed by atoms with Crippen LogP contribution in [-0.4, -0.2) is 43.2 Å². The highest BCUT2D eigenvalue weighted by molar-refractivity contribution is 7.89. The average Bonchev–Trinajstić information content (AvgIpc) is 3.22. The van der Waals surface area contributed by atoms with E-state index < -0.39 is 22.2 Å². The number of rotatable bonds is 4. The highest BCUT2D eigenvalue weighted by Crippen LogP contribution is 2.37. The van der Waals surface area contributed by atoms with Gasteiger partial charge in [0.2, 0.25) is 15.9 Å². The zero-order chi connectivity index (χ0) is 23.2. The Morgan fingerprint density at radius 3 is 2.69 bits per heavy atom. The van der Waals surface area contributed by atoms with Gasteiger partial charge in [0.25, 0.3) is 5.91 Å². The molecule has 0 bridgehead atoms. The number of carbonyl (C=O) groups excluding carboxylic acids is 2. The van der Waals surface area contributed by atoms with Gasteiger partial charge < -0.3 is 15.4 Å². The maximum absolute atomic E-state index is 13.6. The van der Waals surface area contributed by atoms with E-state index in [9.17, 15) is 18.0 Å². The largest absolute Gasteiger partial charge is 0.479 e. The zero-order valence-electron chi connectivity index (χ0n) is 17.9. The molecule has 2 atom stereocenters. The van der Waals surface area contributed by atoms with Crippen LogP contribution in [0.2, 0.25) is 5.02 Å². The molecule has 2 aromatic carbocycles. The minimum atomic E-state index is -3.98. The van der Waals surface area contributed by atoms with Crippen LogP contribution in [0.1, 0.15) is 30.9 Å². The summed E-state index contributed by atoms with van der Waals surface area (Å²) >= 11 is 5.98. The summed E-state index contributed by atoms with van der Waals surface area (Å²) in [4.78, 5) is 24.9. The monoisotopic (exact) mass is 477 g/mol. The summed E-state index contributed by atoms with van der Waals surface area (Å²) in [6, 6.07) is 7.27. The molecular formula is C22H24ClN3O5S. The first-order chi connectivity index (χ1) is 15.1. The number of halogens is 1. The molecule has 0 radical (unpaired) electrons. The normalized spacial score (nSPS) is 20.9. The lowest BCUT2D eigenvalue weighted by Crippen LogP contribution is -2.43. The molecule has 2 aliphatic rings. The Labute approximate surface area is 191 Å². The van der Waals surface area contributed by atoms with Gasteiger partial charge in [-0.25, -0.2) is 8.42 Å². The third-order valence-electron chi connectivity index (χ3n) is 5.75. The predicted molar refractivity (Wildman–Crippen MR) is 122 cm³/mol. The molecule has 10 heteroatoms. The molecule has 2 heterocycles. The van der Waals surface area contributed by atoms with Gasteiger partial charge >= 0.3 is 0 Å². The molecule has 8 nitrogen and oxygen atoms in total. The van der Waals surface area contributed by atoms with Gasteiger partial charge in [-0.15, -0.1) is 0 Å². The lowest BCUT2D eigenvalue weighted by Gasteiger charge is -2.27. The van der Waals surface area contributed by atoms with Crippen LogP contribution in [0.15, 0.2) is 35.2 Å². The first-order valence-corrected chi connectivity index (χ1v) is 12.1. The van der Waals surface area contributed by atoms with Gasteiger partial charge in [0.1, 0.15) is 11.8 Å². The molecule has 0 aromatic heterocycles. The van der Waals surface area contributed by atoms with Crippen molar-refractivity contribution in [3.63, 3.8) is 0 Å². The van der Waals surface area contributed by atoms with Crippen molar-refractivity contribution in [1.29, 1.82) is 0 Å². The number of hydrogen-bond acceptors (Lipinski definition) is 5. The summed E-state index contributed by atoms with van der Waals surface area (Å²) in [6.45, 7) is 5.30. The maximum atomic E-state index is 13.6. The molecule has 2 amide bonds. The van der Waals surface area contributed by atoms with Crippen LogP contribution >= 0.6 is 11.6 Å². The third kappa shape index (κ3) is 4.07. The fourth-order valence-electron chi connectivity index (χ4n) is 4.02. The van der Waals surface area contributed by atoms with Gasteiger partial charge in [0.05, 0.1) is 10.6 Å². The second-order valence-electron chi connectivity index (χ2n) is 8.09. The Bertz CT molecular complexity index is 1210. The van der Waals surface area contributed by atoms with Crippen molar-refractivity contribution in [2.75, 3.05) is 17.2 Å². The maximum Gasteiger partial charge on any atom is 0.265 e. The molecule has 4 rings (SSSR count). The Kier molecular flexibility index (Phi) is 5.91. The van der Waals surface area contributed by atoms with Gasteiger partial charge in [-0.05, 0) is 69.0 Å². The van der Waals surface area contributed by atoms with Crippen LogP contribution in [0, 0.1) is 13.8 Å². The molecule has 32 heavy (non-hydrogen) atoms. The number of hydrogen-bond donors (Lipinski definition) is 2. The Morgan fingerprint density at radius 1 is 1.22 bits per heavy atom. The average molecular weight is 478 g/mol. The molecule has 0 saturated carbocycles. The number of amides is 2.